The van der Waals surface area contributed by atoms with Crippen LogP contribution in [0.2, 0.25) is 0 Å². The second kappa shape index (κ2) is 7.29. The second-order valence-electron chi connectivity index (χ2n) is 6.20. The van der Waals surface area contributed by atoms with E-state index in [0.717, 1.165) is 32.2 Å². The molecule has 2 aromatic heterocycles. The first-order valence-corrected chi connectivity index (χ1v) is 9.30. The number of anilines is 1. The van der Waals surface area contributed by atoms with E-state index in [4.69, 9.17) is 4.98 Å². The Labute approximate surface area is 165 Å². The van der Waals surface area contributed by atoms with Crippen LogP contribution in [0.4, 0.5) is 5.82 Å². The number of amides is 1. The zero-order valence-corrected chi connectivity index (χ0v) is 16.2. The zero-order valence-electron chi connectivity index (χ0n) is 14.6. The van der Waals surface area contributed by atoms with Crippen LogP contribution in [0.1, 0.15) is 15.9 Å². The molecule has 1 N–H and O–H groups in total. The van der Waals surface area contributed by atoms with Gasteiger partial charge in [-0.3, -0.25) is 4.79 Å². The second-order valence-corrected chi connectivity index (χ2v) is 7.12. The molecule has 0 aliphatic rings. The summed E-state index contributed by atoms with van der Waals surface area (Å²) in [5.41, 5.74) is 3.97. The number of nitrogens with zero attached hydrogens (tertiary/aromatic N) is 2. The van der Waals surface area contributed by atoms with Gasteiger partial charge in [0.15, 0.2) is 0 Å². The average molecular weight is 418 g/mol. The van der Waals surface area contributed by atoms with E-state index in [1.165, 1.54) is 0 Å². The van der Waals surface area contributed by atoms with Gasteiger partial charge in [-0.1, -0.05) is 52.3 Å². The van der Waals surface area contributed by atoms with Crippen LogP contribution in [0, 0.1) is 6.92 Å². The van der Waals surface area contributed by atoms with Gasteiger partial charge in [0.2, 0.25) is 0 Å². The maximum Gasteiger partial charge on any atom is 0.257 e. The molecule has 0 saturated carbocycles. The fraction of sp³-hybridized carbons (Fsp3) is 0.0455. The summed E-state index contributed by atoms with van der Waals surface area (Å²) in [4.78, 5) is 22.0. The average Bonchev–Trinajstić information content (AvgIpc) is 2.69. The molecule has 4 rings (SSSR count). The summed E-state index contributed by atoms with van der Waals surface area (Å²) >= 11 is 3.45. The molecule has 1 amide bonds. The Balaban J connectivity index is 1.82. The number of carbonyl (C=O) groups excluding carboxylic acids is 1. The number of rotatable bonds is 3. The summed E-state index contributed by atoms with van der Waals surface area (Å²) in [5, 5.41) is 3.73. The van der Waals surface area contributed by atoms with Crippen molar-refractivity contribution in [2.24, 2.45) is 0 Å². The summed E-state index contributed by atoms with van der Waals surface area (Å²) < 4.78 is 0.996. The van der Waals surface area contributed by atoms with E-state index in [9.17, 15) is 4.79 Å². The molecule has 27 heavy (non-hydrogen) atoms. The van der Waals surface area contributed by atoms with Gasteiger partial charge in [0, 0.05) is 21.6 Å². The van der Waals surface area contributed by atoms with E-state index >= 15 is 0 Å². The van der Waals surface area contributed by atoms with Crippen LogP contribution in [0.5, 0.6) is 0 Å². The molecule has 0 bridgehead atoms. The number of hydrogen-bond donors (Lipinski definition) is 1. The highest BCUT2D eigenvalue weighted by Gasteiger charge is 2.15. The Kier molecular flexibility index (Phi) is 4.69. The molecule has 2 heterocycles. The lowest BCUT2D eigenvalue weighted by atomic mass is 10.0. The lowest BCUT2D eigenvalue weighted by Crippen LogP contribution is -2.15. The predicted molar refractivity (Wildman–Crippen MR) is 112 cm³/mol. The molecule has 0 radical (unpaired) electrons. The van der Waals surface area contributed by atoms with Crippen molar-refractivity contribution in [3.05, 3.63) is 88.5 Å². The number of fused-ring (bicyclic) bond motifs is 1. The maximum absolute atomic E-state index is 13.0. The van der Waals surface area contributed by atoms with Gasteiger partial charge in [-0.05, 0) is 42.8 Å². The third-order valence-electron chi connectivity index (χ3n) is 4.34. The summed E-state index contributed by atoms with van der Waals surface area (Å²) in [6.45, 7) is 1.92. The molecular weight excluding hydrogens is 402 g/mol. The monoisotopic (exact) mass is 417 g/mol. The number of carbonyl (C=O) groups is 1. The highest BCUT2D eigenvalue weighted by atomic mass is 79.9. The van der Waals surface area contributed by atoms with Crippen molar-refractivity contribution >= 4 is 38.6 Å². The van der Waals surface area contributed by atoms with Crippen LogP contribution in [0.3, 0.4) is 0 Å². The predicted octanol–water partition coefficient (Wildman–Crippen LogP) is 5.62. The molecule has 0 saturated heterocycles. The van der Waals surface area contributed by atoms with Crippen molar-refractivity contribution in [1.29, 1.82) is 0 Å². The van der Waals surface area contributed by atoms with Gasteiger partial charge in [-0.25, -0.2) is 9.97 Å². The van der Waals surface area contributed by atoms with Crippen LogP contribution >= 0.6 is 15.9 Å². The van der Waals surface area contributed by atoms with E-state index < -0.39 is 0 Å². The standard InChI is InChI=1S/C22H16BrN3O/c1-14-5-4-12-24-21(14)26-22(27)18-13-20(15-8-10-16(23)11-9-15)25-19-7-3-2-6-17(18)19/h2-13H,1H3,(H,24,26,27). The number of hydrogen-bond acceptors (Lipinski definition) is 3. The number of para-hydroxylation sites is 1. The molecule has 0 unspecified atom stereocenters. The van der Waals surface area contributed by atoms with Gasteiger partial charge in [0.05, 0.1) is 16.8 Å². The quantitative estimate of drug-likeness (QED) is 0.470. The number of aromatic nitrogens is 2. The third kappa shape index (κ3) is 3.59. The van der Waals surface area contributed by atoms with Gasteiger partial charge in [0.25, 0.3) is 5.91 Å². The first-order valence-electron chi connectivity index (χ1n) is 8.50. The van der Waals surface area contributed by atoms with Crippen LogP contribution in [0.15, 0.2) is 77.4 Å². The van der Waals surface area contributed by atoms with Crippen LogP contribution in [-0.4, -0.2) is 15.9 Å². The highest BCUT2D eigenvalue weighted by Crippen LogP contribution is 2.26. The van der Waals surface area contributed by atoms with Gasteiger partial charge >= 0.3 is 0 Å². The number of benzene rings is 2. The van der Waals surface area contributed by atoms with E-state index in [2.05, 4.69) is 26.2 Å². The third-order valence-corrected chi connectivity index (χ3v) is 4.87. The fourth-order valence-corrected chi connectivity index (χ4v) is 3.19. The summed E-state index contributed by atoms with van der Waals surface area (Å²) in [5.74, 6) is 0.363. The van der Waals surface area contributed by atoms with E-state index in [-0.39, 0.29) is 5.91 Å². The molecule has 4 nitrogen and oxygen atoms in total. The Morgan fingerprint density at radius 2 is 1.78 bits per heavy atom. The van der Waals surface area contributed by atoms with Crippen LogP contribution < -0.4 is 5.32 Å². The van der Waals surface area contributed by atoms with Gasteiger partial charge in [-0.15, -0.1) is 0 Å². The SMILES string of the molecule is Cc1cccnc1NC(=O)c1cc(-c2ccc(Br)cc2)nc2ccccc12. The minimum absolute atomic E-state index is 0.200. The number of halogens is 1. The molecule has 0 fully saturated rings. The summed E-state index contributed by atoms with van der Waals surface area (Å²) in [6, 6.07) is 21.1. The molecule has 132 valence electrons. The van der Waals surface area contributed by atoms with Crippen molar-refractivity contribution in [2.45, 2.75) is 6.92 Å². The molecule has 0 spiro atoms. The van der Waals surface area contributed by atoms with E-state index in [1.807, 2.05) is 73.7 Å². The Morgan fingerprint density at radius 3 is 2.56 bits per heavy atom. The van der Waals surface area contributed by atoms with Gasteiger partial charge in [-0.2, -0.15) is 0 Å². The Morgan fingerprint density at radius 1 is 1.00 bits per heavy atom. The smallest absolute Gasteiger partial charge is 0.257 e. The summed E-state index contributed by atoms with van der Waals surface area (Å²) in [7, 11) is 0. The molecular formula is C22H16BrN3O. The number of nitrogens with one attached hydrogen (secondary N) is 1. The molecule has 0 atom stereocenters. The van der Waals surface area contributed by atoms with Crippen molar-refractivity contribution < 1.29 is 4.79 Å². The molecule has 0 aliphatic carbocycles. The van der Waals surface area contributed by atoms with Crippen molar-refractivity contribution in [3.63, 3.8) is 0 Å². The Bertz CT molecular complexity index is 1140. The molecule has 0 aliphatic heterocycles. The van der Waals surface area contributed by atoms with E-state index in [1.54, 1.807) is 6.20 Å². The summed E-state index contributed by atoms with van der Waals surface area (Å²) in [6.07, 6.45) is 1.67. The highest BCUT2D eigenvalue weighted by molar-refractivity contribution is 9.10. The minimum Gasteiger partial charge on any atom is -0.306 e. The van der Waals surface area contributed by atoms with Crippen molar-refractivity contribution in [1.82, 2.24) is 9.97 Å². The van der Waals surface area contributed by atoms with Crippen molar-refractivity contribution in [2.75, 3.05) is 5.32 Å². The first-order chi connectivity index (χ1) is 13.1. The molecule has 4 aromatic rings. The van der Waals surface area contributed by atoms with Crippen molar-refractivity contribution in [3.8, 4) is 11.3 Å². The number of aryl methyl sites for hydroxylation is 1. The van der Waals surface area contributed by atoms with Gasteiger partial charge in [0.1, 0.15) is 5.82 Å². The normalized spacial score (nSPS) is 10.7. The lowest BCUT2D eigenvalue weighted by Gasteiger charge is -2.11. The maximum atomic E-state index is 13.0. The van der Waals surface area contributed by atoms with E-state index in [0.29, 0.717) is 11.4 Å². The Hall–Kier alpha value is -3.05. The molecule has 2 aromatic carbocycles. The first kappa shape index (κ1) is 17.4. The largest absolute Gasteiger partial charge is 0.306 e. The van der Waals surface area contributed by atoms with Crippen LogP contribution in [-0.2, 0) is 0 Å². The topological polar surface area (TPSA) is 54.9 Å². The lowest BCUT2D eigenvalue weighted by molar-refractivity contribution is 0.102. The number of pyridine rings is 2. The minimum atomic E-state index is -0.200. The van der Waals surface area contributed by atoms with Crippen LogP contribution in [0.25, 0.3) is 22.2 Å². The molecule has 5 heteroatoms. The fourth-order valence-electron chi connectivity index (χ4n) is 2.92. The zero-order chi connectivity index (χ0) is 18.8. The van der Waals surface area contributed by atoms with Gasteiger partial charge < -0.3 is 5.32 Å².